The first-order valence-electron chi connectivity index (χ1n) is 7.15. The molecule has 5 nitrogen and oxygen atoms in total. The van der Waals surface area contributed by atoms with Crippen LogP contribution in [0.3, 0.4) is 0 Å². The zero-order chi connectivity index (χ0) is 14.4. The molecule has 1 amide bonds. The van der Waals surface area contributed by atoms with Crippen LogP contribution in [0.5, 0.6) is 5.75 Å². The van der Waals surface area contributed by atoms with Gasteiger partial charge in [-0.2, -0.15) is 0 Å². The number of hydrogen-bond donors (Lipinski definition) is 2. The maximum absolute atomic E-state index is 11.9. The van der Waals surface area contributed by atoms with Gasteiger partial charge in [-0.05, 0) is 38.1 Å². The van der Waals surface area contributed by atoms with E-state index in [0.717, 1.165) is 19.6 Å². The minimum absolute atomic E-state index is 0.00689. The molecule has 110 valence electrons. The summed E-state index contributed by atoms with van der Waals surface area (Å²) in [7, 11) is 1.59. The van der Waals surface area contributed by atoms with Crippen LogP contribution >= 0.6 is 0 Å². The van der Waals surface area contributed by atoms with E-state index in [4.69, 9.17) is 10.5 Å². The second kappa shape index (κ2) is 7.14. The molecular formula is C15H23N3O2. The summed E-state index contributed by atoms with van der Waals surface area (Å²) in [6.07, 6.45) is 4.30. The molecule has 5 heteroatoms. The van der Waals surface area contributed by atoms with Gasteiger partial charge in [0.1, 0.15) is 5.75 Å². The first kappa shape index (κ1) is 14.7. The van der Waals surface area contributed by atoms with E-state index in [-0.39, 0.29) is 5.91 Å². The van der Waals surface area contributed by atoms with Crippen molar-refractivity contribution in [3.8, 4) is 5.75 Å². The van der Waals surface area contributed by atoms with Crippen molar-refractivity contribution in [1.29, 1.82) is 0 Å². The van der Waals surface area contributed by atoms with Gasteiger partial charge >= 0.3 is 0 Å². The number of anilines is 2. The SMILES string of the molecule is COc1ccc(NC(=O)CCN2CCCCC2)c(N)c1. The Morgan fingerprint density at radius 3 is 2.75 bits per heavy atom. The summed E-state index contributed by atoms with van der Waals surface area (Å²) < 4.78 is 5.08. The van der Waals surface area contributed by atoms with Crippen LogP contribution in [0.1, 0.15) is 25.7 Å². The predicted molar refractivity (Wildman–Crippen MR) is 80.9 cm³/mol. The van der Waals surface area contributed by atoms with Crippen molar-refractivity contribution in [2.75, 3.05) is 37.8 Å². The number of nitrogens with one attached hydrogen (secondary N) is 1. The molecule has 0 spiro atoms. The van der Waals surface area contributed by atoms with Gasteiger partial charge in [-0.15, -0.1) is 0 Å². The topological polar surface area (TPSA) is 67.6 Å². The number of piperidine rings is 1. The summed E-state index contributed by atoms with van der Waals surface area (Å²) in [5.74, 6) is 0.696. The molecule has 1 aromatic rings. The molecule has 1 aromatic carbocycles. The molecule has 1 fully saturated rings. The summed E-state index contributed by atoms with van der Waals surface area (Å²) in [6.45, 7) is 3.04. The van der Waals surface area contributed by atoms with E-state index in [1.165, 1.54) is 19.3 Å². The maximum Gasteiger partial charge on any atom is 0.225 e. The number of hydrogen-bond acceptors (Lipinski definition) is 4. The Morgan fingerprint density at radius 1 is 1.35 bits per heavy atom. The van der Waals surface area contributed by atoms with E-state index in [1.807, 2.05) is 0 Å². The van der Waals surface area contributed by atoms with E-state index in [2.05, 4.69) is 10.2 Å². The quantitative estimate of drug-likeness (QED) is 0.809. The number of likely N-dealkylation sites (tertiary alicyclic amines) is 1. The largest absolute Gasteiger partial charge is 0.497 e. The number of methoxy groups -OCH3 is 1. The second-order valence-electron chi connectivity index (χ2n) is 5.15. The van der Waals surface area contributed by atoms with Gasteiger partial charge in [0.15, 0.2) is 0 Å². The molecular weight excluding hydrogens is 254 g/mol. The summed E-state index contributed by atoms with van der Waals surface area (Å²) in [4.78, 5) is 14.3. The maximum atomic E-state index is 11.9. The molecule has 1 heterocycles. The van der Waals surface area contributed by atoms with Crippen molar-refractivity contribution in [3.63, 3.8) is 0 Å². The normalized spacial score (nSPS) is 15.8. The summed E-state index contributed by atoms with van der Waals surface area (Å²) in [6, 6.07) is 5.27. The van der Waals surface area contributed by atoms with Gasteiger partial charge in [0.25, 0.3) is 0 Å². The van der Waals surface area contributed by atoms with Crippen molar-refractivity contribution in [2.24, 2.45) is 0 Å². The monoisotopic (exact) mass is 277 g/mol. The summed E-state index contributed by atoms with van der Waals surface area (Å²) >= 11 is 0. The molecule has 0 saturated carbocycles. The van der Waals surface area contributed by atoms with Crippen LogP contribution < -0.4 is 15.8 Å². The summed E-state index contributed by atoms with van der Waals surface area (Å²) in [5.41, 5.74) is 7.05. The lowest BCUT2D eigenvalue weighted by atomic mass is 10.1. The number of benzene rings is 1. The Balaban J connectivity index is 1.81. The predicted octanol–water partition coefficient (Wildman–Crippen LogP) is 2.09. The Hall–Kier alpha value is -1.75. The number of carbonyl (C=O) groups excluding carboxylic acids is 1. The number of nitrogen functional groups attached to an aromatic ring is 1. The fourth-order valence-electron chi connectivity index (χ4n) is 2.44. The van der Waals surface area contributed by atoms with Crippen molar-refractivity contribution >= 4 is 17.3 Å². The molecule has 0 atom stereocenters. The molecule has 0 radical (unpaired) electrons. The third kappa shape index (κ3) is 4.13. The number of nitrogens with two attached hydrogens (primary N) is 1. The first-order valence-corrected chi connectivity index (χ1v) is 7.15. The Morgan fingerprint density at radius 2 is 2.10 bits per heavy atom. The molecule has 0 unspecified atom stereocenters. The number of amides is 1. The van der Waals surface area contributed by atoms with Crippen molar-refractivity contribution in [2.45, 2.75) is 25.7 Å². The van der Waals surface area contributed by atoms with Gasteiger partial charge in [-0.3, -0.25) is 4.79 Å². The van der Waals surface area contributed by atoms with E-state index >= 15 is 0 Å². The van der Waals surface area contributed by atoms with Crippen LogP contribution in [0.25, 0.3) is 0 Å². The lowest BCUT2D eigenvalue weighted by Gasteiger charge is -2.26. The van der Waals surface area contributed by atoms with E-state index in [9.17, 15) is 4.79 Å². The number of nitrogens with zero attached hydrogens (tertiary/aromatic N) is 1. The van der Waals surface area contributed by atoms with Crippen molar-refractivity contribution in [1.82, 2.24) is 4.90 Å². The fraction of sp³-hybridized carbons (Fsp3) is 0.533. The minimum Gasteiger partial charge on any atom is -0.497 e. The van der Waals surface area contributed by atoms with Crippen molar-refractivity contribution in [3.05, 3.63) is 18.2 Å². The standard InChI is InChI=1S/C15H23N3O2/c1-20-12-5-6-14(13(16)11-12)17-15(19)7-10-18-8-3-2-4-9-18/h5-6,11H,2-4,7-10,16H2,1H3,(H,17,19). The van der Waals surface area contributed by atoms with Crippen LogP contribution in [-0.4, -0.2) is 37.6 Å². The smallest absolute Gasteiger partial charge is 0.225 e. The Bertz CT molecular complexity index is 456. The van der Waals surface area contributed by atoms with Gasteiger partial charge in [0, 0.05) is 19.0 Å². The number of carbonyl (C=O) groups is 1. The van der Waals surface area contributed by atoms with Gasteiger partial charge in [0.2, 0.25) is 5.91 Å². The molecule has 20 heavy (non-hydrogen) atoms. The molecule has 1 aliphatic rings. The lowest BCUT2D eigenvalue weighted by Crippen LogP contribution is -2.32. The number of ether oxygens (including phenoxy) is 1. The highest BCUT2D eigenvalue weighted by Crippen LogP contribution is 2.24. The van der Waals surface area contributed by atoms with Gasteiger partial charge in [-0.25, -0.2) is 0 Å². The average molecular weight is 277 g/mol. The second-order valence-corrected chi connectivity index (χ2v) is 5.15. The molecule has 0 aliphatic carbocycles. The average Bonchev–Trinajstić information content (AvgIpc) is 2.48. The van der Waals surface area contributed by atoms with Crippen LogP contribution in [-0.2, 0) is 4.79 Å². The minimum atomic E-state index is 0.00689. The molecule has 0 aromatic heterocycles. The molecule has 1 saturated heterocycles. The lowest BCUT2D eigenvalue weighted by molar-refractivity contribution is -0.116. The highest BCUT2D eigenvalue weighted by molar-refractivity contribution is 5.94. The van der Waals surface area contributed by atoms with E-state index in [1.54, 1.807) is 25.3 Å². The molecule has 3 N–H and O–H groups in total. The van der Waals surface area contributed by atoms with Gasteiger partial charge < -0.3 is 20.7 Å². The summed E-state index contributed by atoms with van der Waals surface area (Å²) in [5, 5.41) is 2.85. The third-order valence-electron chi connectivity index (χ3n) is 3.64. The van der Waals surface area contributed by atoms with Gasteiger partial charge in [-0.1, -0.05) is 6.42 Å². The fourth-order valence-corrected chi connectivity index (χ4v) is 2.44. The first-order chi connectivity index (χ1) is 9.69. The van der Waals surface area contributed by atoms with Crippen LogP contribution in [0.15, 0.2) is 18.2 Å². The molecule has 0 bridgehead atoms. The highest BCUT2D eigenvalue weighted by atomic mass is 16.5. The highest BCUT2D eigenvalue weighted by Gasteiger charge is 2.12. The zero-order valence-corrected chi connectivity index (χ0v) is 12.0. The third-order valence-corrected chi connectivity index (χ3v) is 3.64. The molecule has 2 rings (SSSR count). The zero-order valence-electron chi connectivity index (χ0n) is 12.0. The van der Waals surface area contributed by atoms with Crippen LogP contribution in [0, 0.1) is 0 Å². The van der Waals surface area contributed by atoms with Crippen LogP contribution in [0.2, 0.25) is 0 Å². The Kier molecular flexibility index (Phi) is 5.24. The van der Waals surface area contributed by atoms with E-state index in [0.29, 0.717) is 23.5 Å². The Labute approximate surface area is 120 Å². The van der Waals surface area contributed by atoms with Crippen LogP contribution in [0.4, 0.5) is 11.4 Å². The van der Waals surface area contributed by atoms with Crippen molar-refractivity contribution < 1.29 is 9.53 Å². The number of rotatable bonds is 5. The van der Waals surface area contributed by atoms with E-state index < -0.39 is 0 Å². The van der Waals surface area contributed by atoms with Gasteiger partial charge in [0.05, 0.1) is 18.5 Å². The molecule has 1 aliphatic heterocycles.